The molecule has 1 aliphatic carbocycles. The van der Waals surface area contributed by atoms with Crippen LogP contribution in [-0.4, -0.2) is 76.7 Å². The largest absolute Gasteiger partial charge is 0.493 e. The van der Waals surface area contributed by atoms with Gasteiger partial charge in [-0.1, -0.05) is 12.1 Å². The van der Waals surface area contributed by atoms with Gasteiger partial charge in [0, 0.05) is 61.4 Å². The molecule has 2 aliphatic rings. The van der Waals surface area contributed by atoms with Crippen molar-refractivity contribution in [2.45, 2.75) is 51.2 Å². The van der Waals surface area contributed by atoms with Crippen molar-refractivity contribution in [3.63, 3.8) is 0 Å². The van der Waals surface area contributed by atoms with Crippen LogP contribution in [0.5, 0.6) is 34.5 Å². The van der Waals surface area contributed by atoms with E-state index in [2.05, 4.69) is 57.2 Å². The minimum Gasteiger partial charge on any atom is -0.493 e. The number of nitrogens with zero attached hydrogens (tertiary/aromatic N) is 4. The zero-order chi connectivity index (χ0) is 37.6. The number of aryl methyl sites for hydroxylation is 2. The first-order valence-electron chi connectivity index (χ1n) is 18.6. The maximum atomic E-state index is 5.60. The van der Waals surface area contributed by atoms with Crippen LogP contribution in [0.2, 0.25) is 0 Å². The van der Waals surface area contributed by atoms with Gasteiger partial charge in [0.05, 0.1) is 54.0 Å². The van der Waals surface area contributed by atoms with Crippen LogP contribution in [0, 0.1) is 0 Å². The molecule has 0 spiro atoms. The number of benzene rings is 3. The number of ether oxygens (including phenoxy) is 6. The standard InChI is InChI=1S/C44H50N4O6.3ClH/c1-49-39-22-33(23-40(50-2)43(39)53-5)37-13-10-30(26-46-37)28-48(36-12-11-31-8-7-9-32(31)21-36)35-15-18-47(19-16-35)27-29-14-17-45-38(20-29)34-24-41(51-3)44(54-6)42(25-34)52-4;;;/h10-14,17,20-26,35H,7-9,15-16,18-19,27-28H2,1-6H3;3*1H. The number of fused-ring (bicyclic) bond motifs is 1. The predicted octanol–water partition coefficient (Wildman–Crippen LogP) is 9.29. The Hall–Kier alpha value is -4.61. The maximum absolute atomic E-state index is 5.60. The lowest BCUT2D eigenvalue weighted by Gasteiger charge is -2.40. The van der Waals surface area contributed by atoms with Gasteiger partial charge in [0.25, 0.3) is 0 Å². The number of hydrogen-bond acceptors (Lipinski definition) is 10. The molecule has 10 nitrogen and oxygen atoms in total. The molecule has 3 heterocycles. The third-order valence-corrected chi connectivity index (χ3v) is 10.7. The predicted molar refractivity (Wildman–Crippen MR) is 233 cm³/mol. The van der Waals surface area contributed by atoms with Gasteiger partial charge >= 0.3 is 0 Å². The Morgan fingerprint density at radius 3 is 1.72 bits per heavy atom. The lowest BCUT2D eigenvalue weighted by Crippen LogP contribution is -2.44. The van der Waals surface area contributed by atoms with Gasteiger partial charge < -0.3 is 33.3 Å². The Kier molecular flexibility index (Phi) is 16.4. The van der Waals surface area contributed by atoms with Crippen molar-refractivity contribution in [3.05, 3.63) is 101 Å². The average molecular weight is 840 g/mol. The van der Waals surface area contributed by atoms with Gasteiger partial charge in [-0.05, 0) is 109 Å². The van der Waals surface area contributed by atoms with Gasteiger partial charge in [-0.25, -0.2) is 0 Å². The van der Waals surface area contributed by atoms with Crippen molar-refractivity contribution in [1.29, 1.82) is 0 Å². The van der Waals surface area contributed by atoms with E-state index in [1.165, 1.54) is 40.8 Å². The van der Waals surface area contributed by atoms with E-state index in [0.717, 1.165) is 68.0 Å². The van der Waals surface area contributed by atoms with Gasteiger partial charge in [-0.15, -0.1) is 37.2 Å². The number of anilines is 1. The van der Waals surface area contributed by atoms with Crippen molar-refractivity contribution in [3.8, 4) is 57.0 Å². The normalized spacial score (nSPS) is 13.6. The summed E-state index contributed by atoms with van der Waals surface area (Å²) >= 11 is 0. The van der Waals surface area contributed by atoms with Crippen molar-refractivity contribution >= 4 is 42.9 Å². The fourth-order valence-corrected chi connectivity index (χ4v) is 7.89. The Bertz CT molecular complexity index is 2030. The molecule has 0 saturated carbocycles. The molecule has 57 heavy (non-hydrogen) atoms. The van der Waals surface area contributed by atoms with Crippen LogP contribution < -0.4 is 33.3 Å². The monoisotopic (exact) mass is 838 g/mol. The lowest BCUT2D eigenvalue weighted by atomic mass is 9.99. The molecule has 0 atom stereocenters. The van der Waals surface area contributed by atoms with E-state index in [-0.39, 0.29) is 37.2 Å². The van der Waals surface area contributed by atoms with Crippen LogP contribution in [0.3, 0.4) is 0 Å². The first-order valence-corrected chi connectivity index (χ1v) is 18.6. The van der Waals surface area contributed by atoms with Gasteiger partial charge in [0.15, 0.2) is 23.0 Å². The summed E-state index contributed by atoms with van der Waals surface area (Å²) in [5.74, 6) is 3.57. The van der Waals surface area contributed by atoms with Crippen LogP contribution in [-0.2, 0) is 25.9 Å². The summed E-state index contributed by atoms with van der Waals surface area (Å²) in [6.45, 7) is 3.66. The first-order chi connectivity index (χ1) is 26.4. The summed E-state index contributed by atoms with van der Waals surface area (Å²) < 4.78 is 33.4. The van der Waals surface area contributed by atoms with Crippen molar-refractivity contribution in [1.82, 2.24) is 14.9 Å². The summed E-state index contributed by atoms with van der Waals surface area (Å²) in [5.41, 5.74) is 10.2. The highest BCUT2D eigenvalue weighted by Crippen LogP contribution is 2.42. The molecule has 1 aliphatic heterocycles. The molecule has 7 rings (SSSR count). The third kappa shape index (κ3) is 9.92. The second kappa shape index (κ2) is 20.7. The Labute approximate surface area is 355 Å². The zero-order valence-electron chi connectivity index (χ0n) is 33.4. The van der Waals surface area contributed by atoms with E-state index in [4.69, 9.17) is 33.4 Å². The number of hydrogen-bond donors (Lipinski definition) is 0. The Morgan fingerprint density at radius 1 is 0.596 bits per heavy atom. The van der Waals surface area contributed by atoms with Gasteiger partial charge in [0.2, 0.25) is 11.5 Å². The van der Waals surface area contributed by atoms with Gasteiger partial charge in [0.1, 0.15) is 0 Å². The van der Waals surface area contributed by atoms with Gasteiger partial charge in [-0.3, -0.25) is 14.9 Å². The minimum atomic E-state index is 0. The Balaban J connectivity index is 0.00000240. The first kappa shape index (κ1) is 45.1. The highest BCUT2D eigenvalue weighted by molar-refractivity contribution is 5.86. The summed E-state index contributed by atoms with van der Waals surface area (Å²) in [4.78, 5) is 14.8. The molecule has 3 aromatic carbocycles. The number of likely N-dealkylation sites (tertiary alicyclic amines) is 1. The number of pyridine rings is 2. The van der Waals surface area contributed by atoms with Gasteiger partial charge in [-0.2, -0.15) is 0 Å². The second-order valence-corrected chi connectivity index (χ2v) is 13.9. The van der Waals surface area contributed by atoms with E-state index < -0.39 is 0 Å². The number of rotatable bonds is 14. The SMILES string of the molecule is COc1cc(-c2ccc(CN(c3ccc4c(c3)CCC4)C3CCN(Cc4ccnc(-c5cc(OC)c(OC)c(OC)c5)c4)CC3)cn2)cc(OC)c1OC.Cl.Cl.Cl. The minimum absolute atomic E-state index is 0. The van der Waals surface area contributed by atoms with E-state index >= 15 is 0 Å². The highest BCUT2D eigenvalue weighted by atomic mass is 35.5. The average Bonchev–Trinajstić information content (AvgIpc) is 3.70. The quantitative estimate of drug-likeness (QED) is 0.108. The molecule has 0 unspecified atom stereocenters. The van der Waals surface area contributed by atoms with Crippen LogP contribution in [0.25, 0.3) is 22.5 Å². The van der Waals surface area contributed by atoms with Crippen molar-refractivity contribution in [2.75, 3.05) is 60.6 Å². The highest BCUT2D eigenvalue weighted by Gasteiger charge is 2.27. The summed E-state index contributed by atoms with van der Waals surface area (Å²) in [6.07, 6.45) is 9.60. The number of halogens is 3. The fraction of sp³-hybridized carbons (Fsp3) is 0.364. The maximum Gasteiger partial charge on any atom is 0.203 e. The van der Waals surface area contributed by atoms with E-state index in [1.54, 1.807) is 42.7 Å². The van der Waals surface area contributed by atoms with E-state index in [9.17, 15) is 0 Å². The van der Waals surface area contributed by atoms with Crippen LogP contribution in [0.15, 0.2) is 79.1 Å². The third-order valence-electron chi connectivity index (χ3n) is 10.7. The van der Waals surface area contributed by atoms with Crippen LogP contribution in [0.1, 0.15) is 41.5 Å². The summed E-state index contributed by atoms with van der Waals surface area (Å²) in [6, 6.07) is 23.8. The van der Waals surface area contributed by atoms with Crippen LogP contribution in [0.4, 0.5) is 5.69 Å². The topological polar surface area (TPSA) is 87.6 Å². The second-order valence-electron chi connectivity index (χ2n) is 13.9. The fourth-order valence-electron chi connectivity index (χ4n) is 7.89. The molecular formula is C44H53Cl3N4O6. The molecule has 0 N–H and O–H groups in total. The molecule has 1 saturated heterocycles. The molecule has 0 bridgehead atoms. The molecular weight excluding hydrogens is 787 g/mol. The molecule has 0 amide bonds. The van der Waals surface area contributed by atoms with Crippen molar-refractivity contribution < 1.29 is 28.4 Å². The number of methoxy groups -OCH3 is 6. The molecule has 1 fully saturated rings. The molecule has 306 valence electrons. The molecule has 2 aromatic heterocycles. The van der Waals surface area contributed by atoms with E-state index in [0.29, 0.717) is 40.5 Å². The molecule has 5 aromatic rings. The summed E-state index contributed by atoms with van der Waals surface area (Å²) in [7, 11) is 9.75. The number of aromatic nitrogens is 2. The van der Waals surface area contributed by atoms with E-state index in [1.807, 2.05) is 36.7 Å². The Morgan fingerprint density at radius 2 is 1.18 bits per heavy atom. The van der Waals surface area contributed by atoms with Crippen LogP contribution >= 0.6 is 37.2 Å². The molecule has 13 heteroatoms. The zero-order valence-corrected chi connectivity index (χ0v) is 35.9. The molecule has 0 radical (unpaired) electrons. The smallest absolute Gasteiger partial charge is 0.203 e. The summed E-state index contributed by atoms with van der Waals surface area (Å²) in [5, 5.41) is 0. The number of piperidine rings is 1. The van der Waals surface area contributed by atoms with Crippen molar-refractivity contribution in [2.24, 2.45) is 0 Å². The lowest BCUT2D eigenvalue weighted by molar-refractivity contribution is 0.201.